The Morgan fingerprint density at radius 2 is 0.419 bits per heavy atom. The smallest absolute Gasteiger partial charge is 0.153 e. The monoisotopic (exact) mass is 1640 g/mol. The van der Waals surface area contributed by atoms with Crippen molar-refractivity contribution in [1.29, 1.82) is 15.8 Å². The number of furan rings is 3. The summed E-state index contributed by atoms with van der Waals surface area (Å²) < 4.78 is 19.1. The van der Waals surface area contributed by atoms with Gasteiger partial charge in [0.25, 0.3) is 0 Å². The average molecular weight is 1640 g/mol. The van der Waals surface area contributed by atoms with Gasteiger partial charge in [-0.05, 0) is 208 Å². The molecule has 7 nitrogen and oxygen atoms in total. The maximum absolute atomic E-state index is 9.77. The van der Waals surface area contributed by atoms with E-state index in [1.807, 2.05) is 60.7 Å². The molecular weight excluding hydrogens is 1570 g/mol. The minimum atomic E-state index is 0.543. The standard InChI is InChI=1S/C43H25NO.C42H24N2O.C37H21NO/c44-26-30-12-8-18-36-37-19-9-17-31(43(37)45-42(30)36)28-20-22-29(23-21-28)39-25-41-34-15-6-4-13-32(34)38(27-10-2-1-3-11-27)24-40(41)35-16-7-5-14-33(35)39;43-25-27-13-8-18-32-33-19-9-20-34(42(33)45-41(27)32)35-23-36-30-16-6-7-17-31(30)38(24-37(36)29-15-5-4-14-28(29)35)40-22-10-21-39(44-40)26-11-2-1-3-12-26;38-22-26-8-5-13-32-33-14-6-12-28(37(33)39-36(26)32)24-15-17-25(18-16-24)34-21-35-27-9-2-1-7-23(27)19-20-31(35)29-10-3-4-11-30(29)34/h1-25H;1-24H;1-21H. The number of aromatic nitrogens is 1. The third-order valence-corrected chi connectivity index (χ3v) is 25.9. The van der Waals surface area contributed by atoms with Crippen LogP contribution in [0.5, 0.6) is 0 Å². The summed E-state index contributed by atoms with van der Waals surface area (Å²) in [5.41, 5.74) is 23.6. The summed E-state index contributed by atoms with van der Waals surface area (Å²) in [6.07, 6.45) is 0. The summed E-state index contributed by atoms with van der Waals surface area (Å²) >= 11 is 0. The van der Waals surface area contributed by atoms with E-state index in [1.54, 1.807) is 12.1 Å². The zero-order valence-electron chi connectivity index (χ0n) is 69.4. The molecule has 7 heteroatoms. The van der Waals surface area contributed by atoms with E-state index in [2.05, 4.69) is 370 Å². The van der Waals surface area contributed by atoms with Crippen LogP contribution in [-0.4, -0.2) is 4.98 Å². The second kappa shape index (κ2) is 30.9. The quantitative estimate of drug-likeness (QED) is 0.139. The molecule has 129 heavy (non-hydrogen) atoms. The van der Waals surface area contributed by atoms with Gasteiger partial charge in [-0.3, -0.25) is 0 Å². The SMILES string of the molecule is N#Cc1cccc2c1oc1c(-c3cc4c5ccccc5c(-c5cccc(-c6ccccc6)n5)cc4c4ccccc34)cccc12.N#Cc1cccc2c1oc1c(-c3ccc(-c4cc5c6ccccc6c(-c6ccccc6)cc5c5ccccc45)cc3)cccc12.N#Cc1cccc2c1oc1c(-c3ccc(-c4cc5c6ccccc6ccc5c5ccccc45)cc3)cccc12. The zero-order chi connectivity index (χ0) is 85.7. The first-order chi connectivity index (χ1) is 63.9. The zero-order valence-corrected chi connectivity index (χ0v) is 69.4. The molecule has 0 saturated heterocycles. The van der Waals surface area contributed by atoms with E-state index < -0.39 is 0 Å². The van der Waals surface area contributed by atoms with Crippen molar-refractivity contribution in [2.24, 2.45) is 0 Å². The lowest BCUT2D eigenvalue weighted by Crippen LogP contribution is -1.92. The highest BCUT2D eigenvalue weighted by Gasteiger charge is 2.24. The number of rotatable bonds is 8. The first-order valence-electron chi connectivity index (χ1n) is 43.3. The van der Waals surface area contributed by atoms with E-state index in [0.717, 1.165) is 121 Å². The number of para-hydroxylation sites is 6. The van der Waals surface area contributed by atoms with Crippen molar-refractivity contribution in [3.63, 3.8) is 0 Å². The van der Waals surface area contributed by atoms with Gasteiger partial charge in [0.1, 0.15) is 35.0 Å². The molecule has 0 aliphatic carbocycles. The van der Waals surface area contributed by atoms with Crippen molar-refractivity contribution in [3.8, 4) is 107 Å². The highest BCUT2D eigenvalue weighted by molar-refractivity contribution is 6.28. The van der Waals surface area contributed by atoms with E-state index in [-0.39, 0.29) is 0 Å². The van der Waals surface area contributed by atoms with Gasteiger partial charge in [0.05, 0.1) is 28.1 Å². The molecule has 0 radical (unpaired) electrons. The third-order valence-electron chi connectivity index (χ3n) is 25.9. The van der Waals surface area contributed by atoms with Crippen LogP contribution >= 0.6 is 0 Å². The van der Waals surface area contributed by atoms with Crippen molar-refractivity contribution in [1.82, 2.24) is 4.98 Å². The van der Waals surface area contributed by atoms with E-state index in [1.165, 1.54) is 114 Å². The molecule has 0 N–H and O–H groups in total. The molecule has 4 aromatic heterocycles. The average Bonchev–Trinajstić information content (AvgIpc) is 1.67. The number of hydrogen-bond donors (Lipinski definition) is 0. The predicted octanol–water partition coefficient (Wildman–Crippen LogP) is 33.5. The fourth-order valence-electron chi connectivity index (χ4n) is 19.9. The van der Waals surface area contributed by atoms with E-state index in [4.69, 9.17) is 18.2 Å². The topological polar surface area (TPSA) is 124 Å². The Hall–Kier alpha value is -17.8. The van der Waals surface area contributed by atoms with Gasteiger partial charge in [0, 0.05) is 60.1 Å². The van der Waals surface area contributed by atoms with E-state index in [9.17, 15) is 15.8 Å². The Morgan fingerprint density at radius 1 is 0.155 bits per heavy atom. The van der Waals surface area contributed by atoms with Crippen LogP contribution in [0.4, 0.5) is 0 Å². The van der Waals surface area contributed by atoms with Crippen molar-refractivity contribution in [2.45, 2.75) is 0 Å². The summed E-state index contributed by atoms with van der Waals surface area (Å²) in [6, 6.07) is 156. The molecule has 0 fully saturated rings. The van der Waals surface area contributed by atoms with E-state index >= 15 is 0 Å². The molecule has 0 spiro atoms. The Kier molecular flexibility index (Phi) is 18.0. The number of nitrogens with zero attached hydrogens (tertiary/aromatic N) is 4. The molecule has 596 valence electrons. The molecular formula is C122H70N4O3. The maximum Gasteiger partial charge on any atom is 0.153 e. The molecule has 26 aromatic rings. The fourth-order valence-corrected chi connectivity index (χ4v) is 19.9. The summed E-state index contributed by atoms with van der Waals surface area (Å²) in [5.74, 6) is 0. The lowest BCUT2D eigenvalue weighted by molar-refractivity contribution is 0.668. The molecule has 0 unspecified atom stereocenters. The number of fused-ring (bicyclic) bond motifs is 24. The molecule has 4 heterocycles. The molecule has 0 aliphatic heterocycles. The first-order valence-corrected chi connectivity index (χ1v) is 43.3. The van der Waals surface area contributed by atoms with Crippen LogP contribution in [-0.2, 0) is 0 Å². The highest BCUT2D eigenvalue weighted by atomic mass is 16.3. The van der Waals surface area contributed by atoms with Crippen LogP contribution in [0, 0.1) is 34.0 Å². The molecule has 0 amide bonds. The van der Waals surface area contributed by atoms with Gasteiger partial charge < -0.3 is 13.3 Å². The Bertz CT molecular complexity index is 9280. The molecule has 0 bridgehead atoms. The van der Waals surface area contributed by atoms with Gasteiger partial charge in [-0.2, -0.15) is 15.8 Å². The van der Waals surface area contributed by atoms with Crippen LogP contribution in [0.2, 0.25) is 0 Å². The van der Waals surface area contributed by atoms with Crippen molar-refractivity contribution < 1.29 is 13.3 Å². The predicted molar refractivity (Wildman–Crippen MR) is 534 cm³/mol. The van der Waals surface area contributed by atoms with Gasteiger partial charge in [-0.1, -0.05) is 364 Å². The van der Waals surface area contributed by atoms with Gasteiger partial charge in [-0.25, -0.2) is 4.98 Å². The third kappa shape index (κ3) is 12.5. The largest absolute Gasteiger partial charge is 0.454 e. The minimum absolute atomic E-state index is 0.543. The number of pyridine rings is 1. The second-order valence-corrected chi connectivity index (χ2v) is 33.0. The summed E-state index contributed by atoms with van der Waals surface area (Å²) in [7, 11) is 0. The Morgan fingerprint density at radius 3 is 0.837 bits per heavy atom. The van der Waals surface area contributed by atoms with Crippen LogP contribution in [0.15, 0.2) is 438 Å². The van der Waals surface area contributed by atoms with Crippen molar-refractivity contribution in [3.05, 3.63) is 441 Å². The lowest BCUT2D eigenvalue weighted by atomic mass is 9.87. The molecule has 22 aromatic carbocycles. The van der Waals surface area contributed by atoms with Crippen molar-refractivity contribution in [2.75, 3.05) is 0 Å². The van der Waals surface area contributed by atoms with Gasteiger partial charge in [0.15, 0.2) is 16.7 Å². The van der Waals surface area contributed by atoms with Crippen LogP contribution < -0.4 is 0 Å². The van der Waals surface area contributed by atoms with Gasteiger partial charge in [-0.15, -0.1) is 0 Å². The molecule has 0 aliphatic rings. The van der Waals surface area contributed by atoms with Gasteiger partial charge >= 0.3 is 0 Å². The molecule has 26 rings (SSSR count). The summed E-state index contributed by atoms with van der Waals surface area (Å²) in [5, 5.41) is 57.0. The normalized spacial score (nSPS) is 11.5. The number of benzene rings is 22. The lowest BCUT2D eigenvalue weighted by Gasteiger charge is -2.16. The van der Waals surface area contributed by atoms with Crippen molar-refractivity contribution >= 4 is 163 Å². The summed E-state index contributed by atoms with van der Waals surface area (Å²) in [4.78, 5) is 5.15. The number of hydrogen-bond acceptors (Lipinski definition) is 7. The number of nitriles is 3. The Balaban J connectivity index is 0.000000108. The minimum Gasteiger partial charge on any atom is -0.454 e. The molecule has 0 atom stereocenters. The van der Waals surface area contributed by atoms with Crippen LogP contribution in [0.25, 0.3) is 252 Å². The van der Waals surface area contributed by atoms with Crippen LogP contribution in [0.3, 0.4) is 0 Å². The summed E-state index contributed by atoms with van der Waals surface area (Å²) in [6.45, 7) is 0. The van der Waals surface area contributed by atoms with Crippen LogP contribution in [0.1, 0.15) is 16.7 Å². The molecule has 0 saturated carbocycles. The fraction of sp³-hybridized carbons (Fsp3) is 0. The first kappa shape index (κ1) is 75.0. The van der Waals surface area contributed by atoms with E-state index in [0.29, 0.717) is 33.4 Å². The Labute approximate surface area is 740 Å². The van der Waals surface area contributed by atoms with Gasteiger partial charge in [0.2, 0.25) is 0 Å². The highest BCUT2D eigenvalue weighted by Crippen LogP contribution is 2.49. The second-order valence-electron chi connectivity index (χ2n) is 33.0. The maximum atomic E-state index is 9.77.